The lowest BCUT2D eigenvalue weighted by molar-refractivity contribution is 0.0729. The molecule has 32 heavy (non-hydrogen) atoms. The molecule has 0 aliphatic rings. The summed E-state index contributed by atoms with van der Waals surface area (Å²) in [5.74, 6) is -0.226. The van der Waals surface area contributed by atoms with Gasteiger partial charge >= 0.3 is 0 Å². The first-order valence-electron chi connectivity index (χ1n) is 10.4. The number of hydrogen-bond acceptors (Lipinski definition) is 4. The van der Waals surface area contributed by atoms with Crippen LogP contribution in [0.15, 0.2) is 65.8 Å². The zero-order chi connectivity index (χ0) is 23.5. The number of amides is 1. The second-order valence-corrected chi connectivity index (χ2v) is 10.3. The highest BCUT2D eigenvalue weighted by Gasteiger charge is 2.25. The van der Waals surface area contributed by atoms with Gasteiger partial charge in [-0.05, 0) is 66.8 Å². The Balaban J connectivity index is 2.06. The number of sulfonamides is 1. The first-order valence-corrected chi connectivity index (χ1v) is 11.8. The van der Waals surface area contributed by atoms with E-state index in [-0.39, 0.29) is 10.8 Å². The van der Waals surface area contributed by atoms with Gasteiger partial charge in [0, 0.05) is 45.1 Å². The van der Waals surface area contributed by atoms with Gasteiger partial charge in [-0.15, -0.1) is 0 Å². The molecule has 168 valence electrons. The Bertz CT molecular complexity index is 1220. The molecule has 3 aromatic rings. The maximum absolute atomic E-state index is 13.7. The lowest BCUT2D eigenvalue weighted by Gasteiger charge is -2.25. The molecular formula is C25H29N3O3S. The van der Waals surface area contributed by atoms with Gasteiger partial charge in [0.15, 0.2) is 0 Å². The van der Waals surface area contributed by atoms with Crippen molar-refractivity contribution in [3.05, 3.63) is 94.3 Å². The SMILES string of the molecule is Cc1ccccc1CN(Cc1cccnc1)C(=O)c1cc(C)c(C)c(S(=O)(=O)N(C)C)c1. The van der Waals surface area contributed by atoms with Gasteiger partial charge in [0.2, 0.25) is 10.0 Å². The van der Waals surface area contributed by atoms with Gasteiger partial charge in [0.05, 0.1) is 4.90 Å². The molecule has 0 N–H and O–H groups in total. The number of rotatable bonds is 7. The van der Waals surface area contributed by atoms with Crippen molar-refractivity contribution in [3.8, 4) is 0 Å². The first-order chi connectivity index (χ1) is 15.1. The van der Waals surface area contributed by atoms with E-state index in [0.29, 0.717) is 24.2 Å². The molecular weight excluding hydrogens is 422 g/mol. The van der Waals surface area contributed by atoms with Crippen LogP contribution in [0, 0.1) is 20.8 Å². The van der Waals surface area contributed by atoms with Crippen LogP contribution in [0.25, 0.3) is 0 Å². The molecule has 6 nitrogen and oxygen atoms in total. The van der Waals surface area contributed by atoms with E-state index in [2.05, 4.69) is 4.98 Å². The summed E-state index contributed by atoms with van der Waals surface area (Å²) in [6.07, 6.45) is 3.43. The molecule has 2 aromatic carbocycles. The number of pyridine rings is 1. The summed E-state index contributed by atoms with van der Waals surface area (Å²) >= 11 is 0. The van der Waals surface area contributed by atoms with Crippen molar-refractivity contribution in [1.29, 1.82) is 0 Å². The predicted octanol–water partition coefficient (Wildman–Crippen LogP) is 4.10. The normalized spacial score (nSPS) is 11.6. The van der Waals surface area contributed by atoms with E-state index in [0.717, 1.165) is 22.3 Å². The minimum absolute atomic E-state index is 0.156. The molecule has 0 fully saturated rings. The average Bonchev–Trinajstić information content (AvgIpc) is 2.76. The van der Waals surface area contributed by atoms with E-state index in [1.807, 2.05) is 50.2 Å². The van der Waals surface area contributed by atoms with Crippen molar-refractivity contribution >= 4 is 15.9 Å². The lowest BCUT2D eigenvalue weighted by atomic mass is 10.0. The van der Waals surface area contributed by atoms with Gasteiger partial charge in [-0.3, -0.25) is 9.78 Å². The number of aromatic nitrogens is 1. The van der Waals surface area contributed by atoms with Gasteiger partial charge in [-0.2, -0.15) is 0 Å². The molecule has 0 radical (unpaired) electrons. The number of carbonyl (C=O) groups is 1. The smallest absolute Gasteiger partial charge is 0.254 e. The third-order valence-electron chi connectivity index (χ3n) is 5.63. The molecule has 0 bridgehead atoms. The van der Waals surface area contributed by atoms with Crippen LogP contribution < -0.4 is 0 Å². The van der Waals surface area contributed by atoms with Crippen LogP contribution >= 0.6 is 0 Å². The fourth-order valence-corrected chi connectivity index (χ4v) is 4.72. The van der Waals surface area contributed by atoms with Crippen molar-refractivity contribution in [1.82, 2.24) is 14.2 Å². The van der Waals surface area contributed by atoms with Crippen LogP contribution in [0.3, 0.4) is 0 Å². The Kier molecular flexibility index (Phi) is 7.11. The number of hydrogen-bond donors (Lipinski definition) is 0. The first kappa shape index (κ1) is 23.6. The predicted molar refractivity (Wildman–Crippen MR) is 126 cm³/mol. The molecule has 0 atom stereocenters. The minimum atomic E-state index is -3.68. The maximum Gasteiger partial charge on any atom is 0.254 e. The fourth-order valence-electron chi connectivity index (χ4n) is 3.50. The Morgan fingerprint density at radius 1 is 0.938 bits per heavy atom. The van der Waals surface area contributed by atoms with E-state index < -0.39 is 10.0 Å². The summed E-state index contributed by atoms with van der Waals surface area (Å²) < 4.78 is 26.9. The van der Waals surface area contributed by atoms with E-state index in [4.69, 9.17) is 0 Å². The lowest BCUT2D eigenvalue weighted by Crippen LogP contribution is -2.31. The van der Waals surface area contributed by atoms with Crippen LogP contribution in [0.1, 0.15) is 38.2 Å². The summed E-state index contributed by atoms with van der Waals surface area (Å²) in [7, 11) is -0.701. The van der Waals surface area contributed by atoms with Gasteiger partial charge < -0.3 is 4.90 Å². The molecule has 0 saturated heterocycles. The van der Waals surface area contributed by atoms with E-state index in [1.54, 1.807) is 30.3 Å². The topological polar surface area (TPSA) is 70.6 Å². The van der Waals surface area contributed by atoms with Crippen LogP contribution in [0.2, 0.25) is 0 Å². The summed E-state index contributed by atoms with van der Waals surface area (Å²) in [4.78, 5) is 19.7. The maximum atomic E-state index is 13.7. The zero-order valence-electron chi connectivity index (χ0n) is 19.2. The quantitative estimate of drug-likeness (QED) is 0.542. The van der Waals surface area contributed by atoms with Crippen LogP contribution in [-0.2, 0) is 23.1 Å². The molecule has 1 amide bonds. The molecule has 0 unspecified atom stereocenters. The van der Waals surface area contributed by atoms with E-state index >= 15 is 0 Å². The molecule has 1 aromatic heterocycles. The number of benzene rings is 2. The highest BCUT2D eigenvalue weighted by atomic mass is 32.2. The van der Waals surface area contributed by atoms with E-state index in [9.17, 15) is 13.2 Å². The molecule has 3 rings (SSSR count). The molecule has 0 saturated carbocycles. The summed E-state index contributed by atoms with van der Waals surface area (Å²) in [6, 6.07) is 15.0. The Labute approximate surface area is 190 Å². The molecule has 0 aliphatic carbocycles. The van der Waals surface area contributed by atoms with Crippen molar-refractivity contribution in [2.24, 2.45) is 0 Å². The highest BCUT2D eigenvalue weighted by Crippen LogP contribution is 2.25. The Hall–Kier alpha value is -3.03. The third kappa shape index (κ3) is 5.06. The standard InChI is InChI=1S/C25H29N3O3S/c1-18-9-6-7-11-22(18)17-28(16-21-10-8-12-26-15-21)25(29)23-13-19(2)20(3)24(14-23)32(30,31)27(4)5/h6-15H,16-17H2,1-5H3. The van der Waals surface area contributed by atoms with E-state index in [1.165, 1.54) is 24.5 Å². The average molecular weight is 452 g/mol. The minimum Gasteiger partial charge on any atom is -0.330 e. The fraction of sp³-hybridized carbons (Fsp3) is 0.280. The number of nitrogens with zero attached hydrogens (tertiary/aromatic N) is 3. The molecule has 0 aliphatic heterocycles. The van der Waals surface area contributed by atoms with Gasteiger partial charge in [-0.1, -0.05) is 30.3 Å². The number of carbonyl (C=O) groups excluding carboxylic acids is 1. The van der Waals surface area contributed by atoms with Gasteiger partial charge in [0.1, 0.15) is 0 Å². The van der Waals surface area contributed by atoms with Gasteiger partial charge in [0.25, 0.3) is 5.91 Å². The monoisotopic (exact) mass is 451 g/mol. The Morgan fingerprint density at radius 2 is 1.66 bits per heavy atom. The second kappa shape index (κ2) is 9.63. The second-order valence-electron chi connectivity index (χ2n) is 8.15. The van der Waals surface area contributed by atoms with Crippen molar-refractivity contribution < 1.29 is 13.2 Å². The van der Waals surface area contributed by atoms with Crippen LogP contribution in [0.5, 0.6) is 0 Å². The van der Waals surface area contributed by atoms with Crippen molar-refractivity contribution in [3.63, 3.8) is 0 Å². The largest absolute Gasteiger partial charge is 0.330 e. The molecule has 7 heteroatoms. The van der Waals surface area contributed by atoms with Crippen LogP contribution in [-0.4, -0.2) is 42.6 Å². The summed E-state index contributed by atoms with van der Waals surface area (Å²) in [5, 5.41) is 0. The number of aryl methyl sites for hydroxylation is 2. The Morgan fingerprint density at radius 3 is 2.28 bits per heavy atom. The summed E-state index contributed by atoms with van der Waals surface area (Å²) in [6.45, 7) is 6.38. The molecule has 1 heterocycles. The highest BCUT2D eigenvalue weighted by molar-refractivity contribution is 7.89. The summed E-state index contributed by atoms with van der Waals surface area (Å²) in [5.41, 5.74) is 4.79. The van der Waals surface area contributed by atoms with Crippen molar-refractivity contribution in [2.45, 2.75) is 38.8 Å². The van der Waals surface area contributed by atoms with Gasteiger partial charge in [-0.25, -0.2) is 12.7 Å². The van der Waals surface area contributed by atoms with Crippen LogP contribution in [0.4, 0.5) is 0 Å². The third-order valence-corrected chi connectivity index (χ3v) is 7.57. The molecule has 0 spiro atoms. The zero-order valence-corrected chi connectivity index (χ0v) is 20.0. The van der Waals surface area contributed by atoms with Crippen molar-refractivity contribution in [2.75, 3.05) is 14.1 Å².